The Hall–Kier alpha value is -3.22. The number of hydrogen-bond donors (Lipinski definition) is 2. The van der Waals surface area contributed by atoms with E-state index in [1.807, 2.05) is 31.2 Å². The number of rotatable bonds is 4. The predicted molar refractivity (Wildman–Crippen MR) is 103 cm³/mol. The number of benzene rings is 1. The van der Waals surface area contributed by atoms with Crippen LogP contribution in [0.3, 0.4) is 0 Å². The van der Waals surface area contributed by atoms with Crippen LogP contribution in [0.5, 0.6) is 0 Å². The standard InChI is InChI=1S/C20H21N5O2/c1-11-5-4-6-15(9-11)19(27)22-17-10-16(14-7-8-14)24-25(17)20-21-13(3)12(2)18(26)23-20/h4-6,9-10,14H,7-8H2,1-3H3,(H,22,27)(H,21,23,26). The van der Waals surface area contributed by atoms with Crippen molar-refractivity contribution in [1.29, 1.82) is 0 Å². The Morgan fingerprint density at radius 2 is 2.00 bits per heavy atom. The van der Waals surface area contributed by atoms with Gasteiger partial charge in [0.1, 0.15) is 5.82 Å². The lowest BCUT2D eigenvalue weighted by Crippen LogP contribution is -2.20. The van der Waals surface area contributed by atoms with Gasteiger partial charge in [0.25, 0.3) is 11.5 Å². The molecule has 4 rings (SSSR count). The Balaban J connectivity index is 1.74. The summed E-state index contributed by atoms with van der Waals surface area (Å²) in [6, 6.07) is 9.24. The number of aryl methyl sites for hydroxylation is 2. The smallest absolute Gasteiger partial charge is 0.256 e. The van der Waals surface area contributed by atoms with Crippen LogP contribution >= 0.6 is 0 Å². The number of nitrogens with zero attached hydrogens (tertiary/aromatic N) is 3. The maximum absolute atomic E-state index is 12.7. The number of aromatic amines is 1. The number of aromatic nitrogens is 4. The van der Waals surface area contributed by atoms with Crippen molar-refractivity contribution < 1.29 is 4.79 Å². The number of carbonyl (C=O) groups is 1. The van der Waals surface area contributed by atoms with E-state index in [1.54, 1.807) is 19.9 Å². The molecular formula is C20H21N5O2. The molecule has 27 heavy (non-hydrogen) atoms. The van der Waals surface area contributed by atoms with Crippen LogP contribution in [0.1, 0.15) is 51.6 Å². The molecular weight excluding hydrogens is 342 g/mol. The summed E-state index contributed by atoms with van der Waals surface area (Å²) in [5.74, 6) is 0.969. The highest BCUT2D eigenvalue weighted by molar-refractivity contribution is 6.04. The van der Waals surface area contributed by atoms with E-state index >= 15 is 0 Å². The SMILES string of the molecule is Cc1cccc(C(=O)Nc2cc(C3CC3)nn2-c2nc(C)c(C)c(=O)[nH]2)c1. The van der Waals surface area contributed by atoms with E-state index in [0.717, 1.165) is 24.1 Å². The van der Waals surface area contributed by atoms with Gasteiger partial charge in [0.2, 0.25) is 5.95 Å². The first-order valence-corrected chi connectivity index (χ1v) is 8.98. The molecule has 0 aliphatic heterocycles. The summed E-state index contributed by atoms with van der Waals surface area (Å²) in [5, 5.41) is 7.50. The molecule has 1 aliphatic carbocycles. The molecule has 1 aromatic carbocycles. The number of hydrogen-bond acceptors (Lipinski definition) is 4. The van der Waals surface area contributed by atoms with Gasteiger partial charge >= 0.3 is 0 Å². The summed E-state index contributed by atoms with van der Waals surface area (Å²) in [5.41, 5.74) is 3.46. The number of anilines is 1. The fourth-order valence-electron chi connectivity index (χ4n) is 2.93. The number of H-pyrrole nitrogens is 1. The molecule has 1 fully saturated rings. The molecule has 1 amide bonds. The summed E-state index contributed by atoms with van der Waals surface area (Å²) in [7, 11) is 0. The van der Waals surface area contributed by atoms with Gasteiger partial charge in [-0.05, 0) is 45.7 Å². The average Bonchev–Trinajstić information content (AvgIpc) is 3.40. The molecule has 3 aromatic rings. The van der Waals surface area contributed by atoms with Gasteiger partial charge in [0.05, 0.1) is 5.69 Å². The van der Waals surface area contributed by atoms with Crippen LogP contribution < -0.4 is 10.9 Å². The normalized spacial score (nSPS) is 13.6. The van der Waals surface area contributed by atoms with E-state index < -0.39 is 0 Å². The molecule has 7 nitrogen and oxygen atoms in total. The van der Waals surface area contributed by atoms with Crippen molar-refractivity contribution in [3.63, 3.8) is 0 Å². The Morgan fingerprint density at radius 3 is 2.67 bits per heavy atom. The minimum atomic E-state index is -0.228. The minimum Gasteiger partial charge on any atom is -0.306 e. The van der Waals surface area contributed by atoms with Crippen LogP contribution in [0.15, 0.2) is 35.1 Å². The van der Waals surface area contributed by atoms with Crippen molar-refractivity contribution in [3.8, 4) is 5.95 Å². The molecule has 0 unspecified atom stereocenters. The second-order valence-corrected chi connectivity index (χ2v) is 7.06. The molecule has 2 heterocycles. The molecule has 138 valence electrons. The fourth-order valence-corrected chi connectivity index (χ4v) is 2.93. The lowest BCUT2D eigenvalue weighted by atomic mass is 10.1. The zero-order valence-electron chi connectivity index (χ0n) is 15.5. The average molecular weight is 363 g/mol. The number of amides is 1. The third-order valence-electron chi connectivity index (χ3n) is 4.83. The second kappa shape index (κ2) is 6.50. The lowest BCUT2D eigenvalue weighted by Gasteiger charge is -2.09. The molecule has 0 saturated heterocycles. The first-order chi connectivity index (χ1) is 12.9. The summed E-state index contributed by atoms with van der Waals surface area (Å²) >= 11 is 0. The zero-order valence-corrected chi connectivity index (χ0v) is 15.5. The maximum atomic E-state index is 12.7. The monoisotopic (exact) mass is 363 g/mol. The van der Waals surface area contributed by atoms with E-state index in [4.69, 9.17) is 0 Å². The van der Waals surface area contributed by atoms with Crippen molar-refractivity contribution in [3.05, 3.63) is 68.8 Å². The Kier molecular flexibility index (Phi) is 4.14. The van der Waals surface area contributed by atoms with Gasteiger partial charge in [-0.2, -0.15) is 9.78 Å². The first kappa shape index (κ1) is 17.2. The molecule has 1 saturated carbocycles. The van der Waals surface area contributed by atoms with Gasteiger partial charge in [-0.15, -0.1) is 0 Å². The summed E-state index contributed by atoms with van der Waals surface area (Å²) in [4.78, 5) is 32.0. The van der Waals surface area contributed by atoms with Gasteiger partial charge in [-0.1, -0.05) is 17.7 Å². The van der Waals surface area contributed by atoms with Crippen molar-refractivity contribution in [2.75, 3.05) is 5.32 Å². The third kappa shape index (κ3) is 3.40. The van der Waals surface area contributed by atoms with Crippen LogP contribution in [0.4, 0.5) is 5.82 Å². The van der Waals surface area contributed by atoms with Gasteiger partial charge in [-0.3, -0.25) is 14.6 Å². The predicted octanol–water partition coefficient (Wildman–Crippen LogP) is 3.01. The van der Waals surface area contributed by atoms with E-state index in [1.165, 1.54) is 4.68 Å². The van der Waals surface area contributed by atoms with Crippen LogP contribution in [-0.4, -0.2) is 25.7 Å². The molecule has 0 radical (unpaired) electrons. The molecule has 7 heteroatoms. The number of nitrogens with one attached hydrogen (secondary N) is 2. The van der Waals surface area contributed by atoms with Crippen molar-refractivity contribution in [2.45, 2.75) is 39.5 Å². The van der Waals surface area contributed by atoms with Gasteiger partial charge in [-0.25, -0.2) is 4.98 Å². The first-order valence-electron chi connectivity index (χ1n) is 8.98. The highest BCUT2D eigenvalue weighted by Crippen LogP contribution is 2.40. The van der Waals surface area contributed by atoms with Crippen LogP contribution in [0.2, 0.25) is 0 Å². The van der Waals surface area contributed by atoms with E-state index in [0.29, 0.717) is 34.5 Å². The highest BCUT2D eigenvalue weighted by atomic mass is 16.1. The van der Waals surface area contributed by atoms with Crippen LogP contribution in [0.25, 0.3) is 5.95 Å². The molecule has 0 atom stereocenters. The summed E-state index contributed by atoms with van der Waals surface area (Å²) in [6.07, 6.45) is 2.16. The molecule has 2 aromatic heterocycles. The maximum Gasteiger partial charge on any atom is 0.256 e. The summed E-state index contributed by atoms with van der Waals surface area (Å²) < 4.78 is 1.51. The molecule has 2 N–H and O–H groups in total. The second-order valence-electron chi connectivity index (χ2n) is 7.06. The molecule has 0 bridgehead atoms. The fraction of sp³-hybridized carbons (Fsp3) is 0.300. The Morgan fingerprint density at radius 1 is 1.22 bits per heavy atom. The van der Waals surface area contributed by atoms with E-state index in [2.05, 4.69) is 20.4 Å². The van der Waals surface area contributed by atoms with Gasteiger partial charge in [0.15, 0.2) is 0 Å². The minimum absolute atomic E-state index is 0.211. The zero-order chi connectivity index (χ0) is 19.1. The lowest BCUT2D eigenvalue weighted by molar-refractivity contribution is 0.102. The molecule has 0 spiro atoms. The van der Waals surface area contributed by atoms with Gasteiger partial charge in [0, 0.05) is 28.8 Å². The highest BCUT2D eigenvalue weighted by Gasteiger charge is 2.28. The third-order valence-corrected chi connectivity index (χ3v) is 4.83. The van der Waals surface area contributed by atoms with Gasteiger partial charge < -0.3 is 5.32 Å². The topological polar surface area (TPSA) is 92.7 Å². The van der Waals surface area contributed by atoms with Crippen LogP contribution in [0, 0.1) is 20.8 Å². The summed E-state index contributed by atoms with van der Waals surface area (Å²) in [6.45, 7) is 5.45. The van der Waals surface area contributed by atoms with Crippen LogP contribution in [-0.2, 0) is 0 Å². The molecule has 1 aliphatic rings. The Bertz CT molecular complexity index is 1090. The van der Waals surface area contributed by atoms with E-state index in [9.17, 15) is 9.59 Å². The van der Waals surface area contributed by atoms with Crippen molar-refractivity contribution in [1.82, 2.24) is 19.7 Å². The van der Waals surface area contributed by atoms with Crippen molar-refractivity contribution >= 4 is 11.7 Å². The quantitative estimate of drug-likeness (QED) is 0.745. The largest absolute Gasteiger partial charge is 0.306 e. The number of carbonyl (C=O) groups excluding carboxylic acids is 1. The van der Waals surface area contributed by atoms with Crippen molar-refractivity contribution in [2.24, 2.45) is 0 Å². The Labute approximate surface area is 156 Å². The van der Waals surface area contributed by atoms with E-state index in [-0.39, 0.29) is 11.5 Å².